The zero-order valence-electron chi connectivity index (χ0n) is 38.8. The Morgan fingerprint density at radius 2 is 0.667 bits per heavy atom. The van der Waals surface area contributed by atoms with Gasteiger partial charge in [-0.15, -0.1) is 11.3 Å². The molecule has 0 bridgehead atoms. The summed E-state index contributed by atoms with van der Waals surface area (Å²) in [5, 5.41) is 2.60. The normalized spacial score (nSPS) is 14.3. The van der Waals surface area contributed by atoms with Crippen LogP contribution in [0.4, 0.5) is 17.1 Å². The molecule has 0 saturated heterocycles. The average Bonchev–Trinajstić information content (AvgIpc) is 4.06. The maximum atomic E-state index is 6.75. The van der Waals surface area contributed by atoms with E-state index in [1.165, 1.54) is 75.8 Å². The van der Waals surface area contributed by atoms with E-state index in [1.807, 2.05) is 11.3 Å². The van der Waals surface area contributed by atoms with Crippen LogP contribution in [0.5, 0.6) is 23.0 Å². The highest BCUT2D eigenvalue weighted by molar-refractivity contribution is 7.25. The minimum Gasteiger partial charge on any atom is -0.457 e. The Morgan fingerprint density at radius 3 is 1.18 bits per heavy atom. The fraction of sp³-hybridized carbons (Fsp3) is 0.0294. The molecule has 2 spiro atoms. The summed E-state index contributed by atoms with van der Waals surface area (Å²) in [7, 11) is 0. The topological polar surface area (TPSA) is 21.7 Å². The van der Waals surface area contributed by atoms with Crippen LogP contribution < -0.4 is 14.4 Å². The molecule has 11 aromatic carbocycles. The summed E-state index contributed by atoms with van der Waals surface area (Å²) in [6.07, 6.45) is 0. The summed E-state index contributed by atoms with van der Waals surface area (Å²) in [6.45, 7) is 0. The van der Waals surface area contributed by atoms with E-state index in [9.17, 15) is 0 Å². The maximum absolute atomic E-state index is 6.75. The molecule has 0 atom stereocenters. The minimum absolute atomic E-state index is 0.619. The van der Waals surface area contributed by atoms with Crippen molar-refractivity contribution in [1.82, 2.24) is 0 Å². The van der Waals surface area contributed by atoms with Crippen molar-refractivity contribution in [3.63, 3.8) is 0 Å². The molecule has 0 amide bonds. The Kier molecular flexibility index (Phi) is 8.18. The smallest absolute Gasteiger partial charge is 0.132 e. The second kappa shape index (κ2) is 14.8. The third kappa shape index (κ3) is 5.23. The predicted octanol–water partition coefficient (Wildman–Crippen LogP) is 18.1. The van der Waals surface area contributed by atoms with Gasteiger partial charge in [-0.05, 0) is 134 Å². The molecule has 0 unspecified atom stereocenters. The van der Waals surface area contributed by atoms with E-state index in [1.54, 1.807) is 0 Å². The van der Waals surface area contributed by atoms with Crippen molar-refractivity contribution in [2.24, 2.45) is 0 Å². The lowest BCUT2D eigenvalue weighted by Crippen LogP contribution is -2.32. The fourth-order valence-electron chi connectivity index (χ4n) is 13.1. The number of nitrogens with zero attached hydrogens (tertiary/aromatic N) is 1. The van der Waals surface area contributed by atoms with Crippen molar-refractivity contribution >= 4 is 48.6 Å². The predicted molar refractivity (Wildman–Crippen MR) is 294 cm³/mol. The van der Waals surface area contributed by atoms with Crippen LogP contribution in [-0.2, 0) is 10.8 Å². The van der Waals surface area contributed by atoms with Gasteiger partial charge in [0, 0.05) is 59.5 Å². The molecule has 1 aromatic heterocycles. The molecule has 72 heavy (non-hydrogen) atoms. The zero-order valence-corrected chi connectivity index (χ0v) is 39.7. The number of rotatable bonds is 4. The van der Waals surface area contributed by atoms with E-state index in [-0.39, 0.29) is 0 Å². The molecule has 0 N–H and O–H groups in total. The Morgan fingerprint density at radius 1 is 0.278 bits per heavy atom. The van der Waals surface area contributed by atoms with Gasteiger partial charge >= 0.3 is 0 Å². The summed E-state index contributed by atoms with van der Waals surface area (Å²) in [5.74, 6) is 3.52. The number of hydrogen-bond donors (Lipinski definition) is 0. The first kappa shape index (κ1) is 39.8. The quantitative estimate of drug-likeness (QED) is 0.176. The van der Waals surface area contributed by atoms with Gasteiger partial charge < -0.3 is 14.4 Å². The fourth-order valence-corrected chi connectivity index (χ4v) is 14.2. The lowest BCUT2D eigenvalue weighted by molar-refractivity contribution is 0.436. The van der Waals surface area contributed by atoms with Crippen LogP contribution in [0.3, 0.4) is 0 Å². The molecule has 4 aliphatic rings. The Hall–Kier alpha value is -8.96. The SMILES string of the molecule is c1ccc2c(c1)Oc1ccccc1C21c2ccccc2-c2ccc(N(c3ccc(-c4ccc5sc6ccccc6c5c4)cc3)c3ccc4c(c3)C3(c5ccccc5Oc5ccccc53)c3ccccc3-4)cc21. The lowest BCUT2D eigenvalue weighted by atomic mass is 9.66. The van der Waals surface area contributed by atoms with Crippen molar-refractivity contribution in [3.8, 4) is 56.4 Å². The van der Waals surface area contributed by atoms with Crippen LogP contribution >= 0.6 is 11.3 Å². The molecular weight excluding hydrogens is 895 g/mol. The van der Waals surface area contributed by atoms with E-state index in [0.29, 0.717) is 0 Å². The molecule has 4 heteroatoms. The van der Waals surface area contributed by atoms with E-state index in [2.05, 4.69) is 254 Å². The van der Waals surface area contributed by atoms with Crippen LogP contribution in [0.2, 0.25) is 0 Å². The summed E-state index contributed by atoms with van der Waals surface area (Å²) < 4.78 is 16.1. The van der Waals surface area contributed by atoms with Gasteiger partial charge in [0.15, 0.2) is 0 Å². The van der Waals surface area contributed by atoms with Gasteiger partial charge in [-0.3, -0.25) is 0 Å². The summed E-state index contributed by atoms with van der Waals surface area (Å²) >= 11 is 1.86. The number of benzene rings is 11. The van der Waals surface area contributed by atoms with Crippen LogP contribution in [0, 0.1) is 0 Å². The van der Waals surface area contributed by atoms with Gasteiger partial charge in [0.1, 0.15) is 23.0 Å². The first-order valence-corrected chi connectivity index (χ1v) is 25.5. The molecule has 336 valence electrons. The highest BCUT2D eigenvalue weighted by atomic mass is 32.1. The third-order valence-corrected chi connectivity index (χ3v) is 17.2. The molecule has 3 nitrogen and oxygen atoms in total. The van der Waals surface area contributed by atoms with Gasteiger partial charge in [-0.1, -0.05) is 170 Å². The lowest BCUT2D eigenvalue weighted by Gasteiger charge is -2.40. The largest absolute Gasteiger partial charge is 0.457 e. The highest BCUT2D eigenvalue weighted by Gasteiger charge is 2.53. The second-order valence-corrected chi connectivity index (χ2v) is 20.5. The molecule has 3 heterocycles. The van der Waals surface area contributed by atoms with Crippen molar-refractivity contribution in [3.05, 3.63) is 293 Å². The molecule has 2 aliphatic carbocycles. The third-order valence-electron chi connectivity index (χ3n) is 16.0. The van der Waals surface area contributed by atoms with Crippen molar-refractivity contribution in [2.45, 2.75) is 10.8 Å². The van der Waals surface area contributed by atoms with Crippen LogP contribution in [-0.4, -0.2) is 0 Å². The molecule has 0 radical (unpaired) electrons. The van der Waals surface area contributed by atoms with Gasteiger partial charge in [0.25, 0.3) is 0 Å². The van der Waals surface area contributed by atoms with Crippen LogP contribution in [0.15, 0.2) is 249 Å². The number of anilines is 3. The monoisotopic (exact) mass is 935 g/mol. The number of hydrogen-bond acceptors (Lipinski definition) is 4. The standard InChI is InChI=1S/C68H41NO2S/c1-4-18-53-47(15-1)49-36-34-45(40-59(49)67(53)55-20-6-10-24-61(55)70-62-25-11-7-21-56(62)67)69(44-32-29-42(30-33-44)43-31-38-66-52(39-43)51-17-3-14-28-65(51)72-66)46-35-37-50-48-16-2-5-19-54(48)68(60(50)41-46)57-22-8-12-26-63(57)71-64-27-13-9-23-58(64)68/h1-41H. The molecule has 16 rings (SSSR count). The van der Waals surface area contributed by atoms with E-state index < -0.39 is 10.8 Å². The average molecular weight is 936 g/mol. The molecule has 0 fully saturated rings. The van der Waals surface area contributed by atoms with Gasteiger partial charge in [-0.25, -0.2) is 0 Å². The Bertz CT molecular complexity index is 3970. The van der Waals surface area contributed by atoms with E-state index >= 15 is 0 Å². The maximum Gasteiger partial charge on any atom is 0.132 e. The number of thiophene rings is 1. The van der Waals surface area contributed by atoms with Crippen LogP contribution in [0.1, 0.15) is 44.5 Å². The van der Waals surface area contributed by atoms with Gasteiger partial charge in [-0.2, -0.15) is 0 Å². The number of fused-ring (bicyclic) bond motifs is 21. The molecular formula is C68H41NO2S. The molecule has 2 aliphatic heterocycles. The number of para-hydroxylation sites is 4. The van der Waals surface area contributed by atoms with Crippen molar-refractivity contribution in [1.29, 1.82) is 0 Å². The second-order valence-electron chi connectivity index (χ2n) is 19.4. The Balaban J connectivity index is 0.944. The van der Waals surface area contributed by atoms with Crippen molar-refractivity contribution < 1.29 is 9.47 Å². The summed E-state index contributed by atoms with van der Waals surface area (Å²) in [6, 6.07) is 91.6. The van der Waals surface area contributed by atoms with Crippen LogP contribution in [0.25, 0.3) is 53.6 Å². The Labute approximate surface area is 421 Å². The first-order valence-electron chi connectivity index (χ1n) is 24.7. The van der Waals surface area contributed by atoms with E-state index in [4.69, 9.17) is 9.47 Å². The van der Waals surface area contributed by atoms with Crippen molar-refractivity contribution in [2.75, 3.05) is 4.90 Å². The highest BCUT2D eigenvalue weighted by Crippen LogP contribution is 2.65. The summed E-state index contributed by atoms with van der Waals surface area (Å²) in [5.41, 5.74) is 18.9. The van der Waals surface area contributed by atoms with E-state index in [0.717, 1.165) is 62.3 Å². The molecule has 12 aromatic rings. The van der Waals surface area contributed by atoms with Gasteiger partial charge in [0.05, 0.1) is 10.8 Å². The molecule has 0 saturated carbocycles. The first-order chi connectivity index (χ1) is 35.7. The van der Waals surface area contributed by atoms with Gasteiger partial charge in [0.2, 0.25) is 0 Å². The zero-order chi connectivity index (χ0) is 47.1. The number of ether oxygens (including phenoxy) is 2. The minimum atomic E-state index is -0.619. The summed E-state index contributed by atoms with van der Waals surface area (Å²) in [4.78, 5) is 2.47.